The minimum atomic E-state index is -2.09. The van der Waals surface area contributed by atoms with Gasteiger partial charge in [-0.25, -0.2) is 0 Å². The number of hydrogen-bond acceptors (Lipinski definition) is 8. The van der Waals surface area contributed by atoms with Crippen molar-refractivity contribution >= 4 is 11.6 Å². The van der Waals surface area contributed by atoms with Gasteiger partial charge >= 0.3 is 0 Å². The Morgan fingerprint density at radius 2 is 2.03 bits per heavy atom. The topological polar surface area (TPSA) is 157 Å². The largest absolute Gasteiger partial charge is 0.447 e. The van der Waals surface area contributed by atoms with Crippen LogP contribution >= 0.6 is 0 Å². The molecule has 2 aliphatic heterocycles. The molecule has 5 atom stereocenters. The van der Waals surface area contributed by atoms with Gasteiger partial charge in [-0.1, -0.05) is 25.5 Å². The van der Waals surface area contributed by atoms with E-state index in [9.17, 15) is 25.9 Å². The number of benzene rings is 1. The molecule has 0 spiro atoms. The Morgan fingerprint density at radius 3 is 2.63 bits per heavy atom. The molecule has 1 aromatic rings. The lowest BCUT2D eigenvalue weighted by Gasteiger charge is -2.52. The maximum Gasteiger partial charge on any atom is 0.269 e. The molecule has 2 heterocycles. The Bertz CT molecular complexity index is 1050. The molecule has 0 radical (unpaired) electrons. The van der Waals surface area contributed by atoms with Gasteiger partial charge in [-0.3, -0.25) is 15.5 Å². The van der Waals surface area contributed by atoms with E-state index in [-0.39, 0.29) is 17.2 Å². The Labute approximate surface area is 173 Å². The van der Waals surface area contributed by atoms with Gasteiger partial charge < -0.3 is 9.47 Å². The van der Waals surface area contributed by atoms with Crippen LogP contribution in [0, 0.1) is 72.2 Å². The van der Waals surface area contributed by atoms with E-state index in [1.54, 1.807) is 0 Å². The molecular weight excluding hydrogens is 386 g/mol. The van der Waals surface area contributed by atoms with E-state index in [0.717, 1.165) is 12.8 Å². The molecule has 4 rings (SSSR count). The van der Waals surface area contributed by atoms with Crippen molar-refractivity contribution < 1.29 is 14.4 Å². The van der Waals surface area contributed by atoms with Gasteiger partial charge in [0.2, 0.25) is 17.1 Å². The quantitative estimate of drug-likeness (QED) is 0.592. The molecule has 1 saturated carbocycles. The number of rotatable bonds is 3. The van der Waals surface area contributed by atoms with E-state index in [2.05, 4.69) is 6.07 Å². The highest BCUT2D eigenvalue weighted by atomic mass is 16.7. The molecule has 1 aromatic carbocycles. The first-order valence-electron chi connectivity index (χ1n) is 9.78. The van der Waals surface area contributed by atoms with Crippen LogP contribution in [0.5, 0.6) is 0 Å². The first-order valence-corrected chi connectivity index (χ1v) is 9.78. The summed E-state index contributed by atoms with van der Waals surface area (Å²) in [5, 5.41) is 50.5. The van der Waals surface area contributed by atoms with Crippen LogP contribution in [0.3, 0.4) is 0 Å². The van der Waals surface area contributed by atoms with Crippen LogP contribution in [0.4, 0.5) is 5.69 Å². The summed E-state index contributed by atoms with van der Waals surface area (Å²) >= 11 is 0. The van der Waals surface area contributed by atoms with Gasteiger partial charge in [0.05, 0.1) is 29.0 Å². The molecule has 1 aliphatic carbocycles. The predicted octanol–water partition coefficient (Wildman–Crippen LogP) is 3.74. The van der Waals surface area contributed by atoms with Gasteiger partial charge in [-0.05, 0) is 24.3 Å². The summed E-state index contributed by atoms with van der Waals surface area (Å²) in [6.07, 6.45) is 1.26. The first kappa shape index (κ1) is 19.8. The number of hydrogen-bond donors (Lipinski definition) is 1. The van der Waals surface area contributed by atoms with Crippen LogP contribution in [-0.4, -0.2) is 16.6 Å². The van der Waals surface area contributed by atoms with E-state index in [0.29, 0.717) is 12.8 Å². The Morgan fingerprint density at radius 1 is 1.30 bits per heavy atom. The molecule has 5 unspecified atom stereocenters. The van der Waals surface area contributed by atoms with Crippen LogP contribution in [0.2, 0.25) is 0 Å². The molecule has 3 aliphatic rings. The standard InChI is InChI=1S/C21H19N5O4/c1-2-13-6-7-21-16(8-13)20(12-24,18(25)30-21)19(10-22,11-23)17(29-21)14-4-3-5-15(9-14)26(27)28/h3-5,9,13,16-17,25H,2,6-8H2,1H3. The van der Waals surface area contributed by atoms with Crippen molar-refractivity contribution in [3.05, 3.63) is 39.9 Å². The minimum Gasteiger partial charge on any atom is -0.447 e. The second kappa shape index (κ2) is 6.52. The number of ether oxygens (including phenoxy) is 2. The van der Waals surface area contributed by atoms with E-state index >= 15 is 0 Å². The number of nitrogens with zero attached hydrogens (tertiary/aromatic N) is 4. The monoisotopic (exact) mass is 405 g/mol. The first-order chi connectivity index (χ1) is 14.3. The van der Waals surface area contributed by atoms with Gasteiger partial charge in [0.25, 0.3) is 5.69 Å². The van der Waals surface area contributed by atoms with Crippen LogP contribution in [0.1, 0.15) is 44.3 Å². The van der Waals surface area contributed by atoms with Crippen LogP contribution in [-0.2, 0) is 9.47 Å². The fourth-order valence-corrected chi connectivity index (χ4v) is 5.39. The zero-order valence-electron chi connectivity index (χ0n) is 16.3. The second-order valence-electron chi connectivity index (χ2n) is 8.15. The predicted molar refractivity (Wildman–Crippen MR) is 101 cm³/mol. The summed E-state index contributed by atoms with van der Waals surface area (Å²) in [4.78, 5) is 10.7. The number of nitro groups is 1. The highest BCUT2D eigenvalue weighted by Gasteiger charge is 2.80. The molecule has 152 valence electrons. The smallest absolute Gasteiger partial charge is 0.269 e. The molecule has 1 N–H and O–H groups in total. The lowest BCUT2D eigenvalue weighted by Crippen LogP contribution is -2.61. The summed E-state index contributed by atoms with van der Waals surface area (Å²) in [5.41, 5.74) is -3.89. The molecule has 2 bridgehead atoms. The maximum absolute atomic E-state index is 11.3. The molecule has 3 fully saturated rings. The molecule has 0 amide bonds. The number of nitriles is 3. The van der Waals surface area contributed by atoms with Crippen LogP contribution < -0.4 is 0 Å². The summed E-state index contributed by atoms with van der Waals surface area (Å²) in [6, 6.07) is 11.6. The zero-order chi connectivity index (χ0) is 21.7. The average Bonchev–Trinajstić information content (AvgIpc) is 2.97. The SMILES string of the molecule is CCC1CCC23OC(=N)C(C#N)(C2C1)C(C#N)(C#N)C(c1cccc([N+](=O)[O-])c1)O3. The molecule has 9 nitrogen and oxygen atoms in total. The normalized spacial score (nSPS) is 35.8. The third-order valence-corrected chi connectivity index (χ3v) is 6.98. The maximum atomic E-state index is 11.3. The second-order valence-corrected chi connectivity index (χ2v) is 8.15. The van der Waals surface area contributed by atoms with E-state index in [1.807, 2.05) is 19.1 Å². The number of nitrogens with one attached hydrogen (secondary N) is 1. The van der Waals surface area contributed by atoms with Crippen molar-refractivity contribution in [3.8, 4) is 18.2 Å². The van der Waals surface area contributed by atoms with Crippen molar-refractivity contribution in [1.29, 1.82) is 21.2 Å². The lowest BCUT2D eigenvalue weighted by atomic mass is 9.50. The zero-order valence-corrected chi connectivity index (χ0v) is 16.3. The fourth-order valence-electron chi connectivity index (χ4n) is 5.39. The summed E-state index contributed by atoms with van der Waals surface area (Å²) in [5.74, 6) is -2.11. The van der Waals surface area contributed by atoms with Crippen LogP contribution in [0.15, 0.2) is 24.3 Å². The van der Waals surface area contributed by atoms with Crippen molar-refractivity contribution in [3.63, 3.8) is 0 Å². The van der Waals surface area contributed by atoms with Gasteiger partial charge in [0.1, 0.15) is 6.10 Å². The van der Waals surface area contributed by atoms with Crippen LogP contribution in [0.25, 0.3) is 0 Å². The van der Waals surface area contributed by atoms with Gasteiger partial charge in [0, 0.05) is 18.6 Å². The lowest BCUT2D eigenvalue weighted by molar-refractivity contribution is -0.385. The number of non-ortho nitro benzene ring substituents is 1. The highest BCUT2D eigenvalue weighted by molar-refractivity contribution is 5.89. The molecule has 2 saturated heterocycles. The van der Waals surface area contributed by atoms with E-state index < -0.39 is 39.5 Å². The molecule has 30 heavy (non-hydrogen) atoms. The fraction of sp³-hybridized carbons (Fsp3) is 0.524. The average molecular weight is 405 g/mol. The molecule has 0 aromatic heterocycles. The Kier molecular flexibility index (Phi) is 4.31. The van der Waals surface area contributed by atoms with Gasteiger partial charge in [-0.15, -0.1) is 0 Å². The minimum absolute atomic E-state index is 0.218. The summed E-state index contributed by atoms with van der Waals surface area (Å²) in [7, 11) is 0. The Hall–Kier alpha value is -3.48. The number of nitro benzene ring substituents is 1. The summed E-state index contributed by atoms with van der Waals surface area (Å²) in [6.45, 7) is 2.03. The highest BCUT2D eigenvalue weighted by Crippen LogP contribution is 2.70. The van der Waals surface area contributed by atoms with E-state index in [4.69, 9.17) is 14.9 Å². The third kappa shape index (κ3) is 2.20. The Balaban J connectivity index is 1.96. The third-order valence-electron chi connectivity index (χ3n) is 6.98. The van der Waals surface area contributed by atoms with Gasteiger partial charge in [0.15, 0.2) is 5.41 Å². The molecular formula is C21H19N5O4. The van der Waals surface area contributed by atoms with E-state index in [1.165, 1.54) is 24.3 Å². The van der Waals surface area contributed by atoms with Crippen molar-refractivity contribution in [2.75, 3.05) is 0 Å². The van der Waals surface area contributed by atoms with Gasteiger partial charge in [-0.2, -0.15) is 15.8 Å². The van der Waals surface area contributed by atoms with Crippen molar-refractivity contribution in [2.45, 2.75) is 44.5 Å². The van der Waals surface area contributed by atoms with Crippen molar-refractivity contribution in [2.24, 2.45) is 22.7 Å². The molecule has 9 heteroatoms. The summed E-state index contributed by atoms with van der Waals surface area (Å²) < 4.78 is 12.2. The van der Waals surface area contributed by atoms with Crippen molar-refractivity contribution in [1.82, 2.24) is 0 Å².